The number of rotatable bonds is 4. The van der Waals surface area contributed by atoms with Crippen molar-refractivity contribution in [2.45, 2.75) is 26.8 Å². The first-order valence-corrected chi connectivity index (χ1v) is 6.53. The number of nitrogens with zero attached hydrogens (tertiary/aromatic N) is 2. The van der Waals surface area contributed by atoms with Gasteiger partial charge < -0.3 is 10.5 Å². The zero-order valence-electron chi connectivity index (χ0n) is 12.2. The van der Waals surface area contributed by atoms with Crippen LogP contribution in [0.15, 0.2) is 30.5 Å². The summed E-state index contributed by atoms with van der Waals surface area (Å²) in [6, 6.07) is 6.61. The zero-order chi connectivity index (χ0) is 15.6. The molecular formula is C15H17N3O3. The summed E-state index contributed by atoms with van der Waals surface area (Å²) in [4.78, 5) is 14.9. The monoisotopic (exact) mass is 287 g/mol. The van der Waals surface area contributed by atoms with Crippen LogP contribution in [0.2, 0.25) is 0 Å². The SMILES string of the molecule is Cc1cc(C)c(Oc2ccc([C@@H](C)N)nc2)c([N+](=O)[O-])c1. The molecule has 0 aliphatic carbocycles. The molecule has 0 aliphatic rings. The van der Waals surface area contributed by atoms with Crippen molar-refractivity contribution >= 4 is 5.69 Å². The van der Waals surface area contributed by atoms with E-state index in [-0.39, 0.29) is 17.5 Å². The van der Waals surface area contributed by atoms with Crippen molar-refractivity contribution in [2.75, 3.05) is 0 Å². The van der Waals surface area contributed by atoms with Gasteiger partial charge in [-0.15, -0.1) is 0 Å². The molecule has 2 aromatic rings. The number of nitro groups is 1. The summed E-state index contributed by atoms with van der Waals surface area (Å²) in [5, 5.41) is 11.2. The van der Waals surface area contributed by atoms with Crippen molar-refractivity contribution in [1.29, 1.82) is 0 Å². The normalized spacial score (nSPS) is 12.0. The average molecular weight is 287 g/mol. The molecule has 0 bridgehead atoms. The average Bonchev–Trinajstić information content (AvgIpc) is 2.41. The standard InChI is InChI=1S/C15H17N3O3/c1-9-6-10(2)15(14(7-9)18(19)20)21-12-4-5-13(11(3)16)17-8-12/h4-8,11H,16H2,1-3H3/t11-/m1/s1. The highest BCUT2D eigenvalue weighted by atomic mass is 16.6. The first kappa shape index (κ1) is 14.9. The number of benzene rings is 1. The maximum absolute atomic E-state index is 11.2. The molecule has 0 radical (unpaired) electrons. The van der Waals surface area contributed by atoms with Gasteiger partial charge in [0.15, 0.2) is 0 Å². The largest absolute Gasteiger partial charge is 0.448 e. The predicted octanol–water partition coefficient (Wildman–Crippen LogP) is 3.42. The van der Waals surface area contributed by atoms with Gasteiger partial charge in [-0.25, -0.2) is 0 Å². The number of aryl methyl sites for hydroxylation is 2. The second-order valence-electron chi connectivity index (χ2n) is 5.00. The molecule has 0 fully saturated rings. The molecule has 0 amide bonds. The number of hydrogen-bond donors (Lipinski definition) is 1. The third-order valence-electron chi connectivity index (χ3n) is 3.04. The van der Waals surface area contributed by atoms with Gasteiger partial charge in [0, 0.05) is 12.1 Å². The maximum Gasteiger partial charge on any atom is 0.312 e. The van der Waals surface area contributed by atoms with Crippen LogP contribution in [0.1, 0.15) is 29.8 Å². The van der Waals surface area contributed by atoms with E-state index in [2.05, 4.69) is 4.98 Å². The molecule has 0 aliphatic heterocycles. The van der Waals surface area contributed by atoms with Crippen molar-refractivity contribution in [3.8, 4) is 11.5 Å². The summed E-state index contributed by atoms with van der Waals surface area (Å²) in [5.74, 6) is 0.676. The maximum atomic E-state index is 11.2. The summed E-state index contributed by atoms with van der Waals surface area (Å²) >= 11 is 0. The summed E-state index contributed by atoms with van der Waals surface area (Å²) < 4.78 is 5.65. The van der Waals surface area contributed by atoms with Crippen molar-refractivity contribution in [3.63, 3.8) is 0 Å². The van der Waals surface area contributed by atoms with Gasteiger partial charge in [-0.2, -0.15) is 0 Å². The summed E-state index contributed by atoms with van der Waals surface area (Å²) in [5.41, 5.74) is 7.93. The van der Waals surface area contributed by atoms with Crippen molar-refractivity contribution in [3.05, 3.63) is 57.4 Å². The van der Waals surface area contributed by atoms with Gasteiger partial charge in [0.2, 0.25) is 5.75 Å². The van der Waals surface area contributed by atoms with Gasteiger partial charge in [-0.3, -0.25) is 15.1 Å². The van der Waals surface area contributed by atoms with E-state index in [1.165, 1.54) is 12.3 Å². The second-order valence-corrected chi connectivity index (χ2v) is 5.00. The lowest BCUT2D eigenvalue weighted by Gasteiger charge is -2.11. The van der Waals surface area contributed by atoms with Crippen molar-refractivity contribution < 1.29 is 9.66 Å². The van der Waals surface area contributed by atoms with Crippen LogP contribution in [0.5, 0.6) is 11.5 Å². The molecule has 6 nitrogen and oxygen atoms in total. The van der Waals surface area contributed by atoms with Crippen molar-refractivity contribution in [1.82, 2.24) is 4.98 Å². The number of hydrogen-bond acceptors (Lipinski definition) is 5. The molecular weight excluding hydrogens is 270 g/mol. The number of pyridine rings is 1. The van der Waals surface area contributed by atoms with E-state index < -0.39 is 4.92 Å². The highest BCUT2D eigenvalue weighted by Gasteiger charge is 2.19. The van der Waals surface area contributed by atoms with Crippen LogP contribution in [0.25, 0.3) is 0 Å². The molecule has 1 aromatic carbocycles. The fraction of sp³-hybridized carbons (Fsp3) is 0.267. The minimum absolute atomic E-state index is 0.0521. The molecule has 0 spiro atoms. The summed E-state index contributed by atoms with van der Waals surface area (Å²) in [6.45, 7) is 5.42. The number of nitro benzene ring substituents is 1. The Labute approximate surface area is 122 Å². The van der Waals surface area contributed by atoms with E-state index in [0.717, 1.165) is 11.3 Å². The van der Waals surface area contributed by atoms with Gasteiger partial charge in [-0.05, 0) is 44.0 Å². The third-order valence-corrected chi connectivity index (χ3v) is 3.04. The Bertz CT molecular complexity index is 667. The molecule has 1 atom stereocenters. The van der Waals surface area contributed by atoms with E-state index >= 15 is 0 Å². The molecule has 0 unspecified atom stereocenters. The molecule has 1 aromatic heterocycles. The Hall–Kier alpha value is -2.47. The number of nitrogens with two attached hydrogens (primary N) is 1. The van der Waals surface area contributed by atoms with Crippen LogP contribution in [0.3, 0.4) is 0 Å². The van der Waals surface area contributed by atoms with Gasteiger partial charge in [0.25, 0.3) is 0 Å². The van der Waals surface area contributed by atoms with Crippen LogP contribution in [-0.2, 0) is 0 Å². The van der Waals surface area contributed by atoms with Crippen LogP contribution in [0.4, 0.5) is 5.69 Å². The number of aromatic nitrogens is 1. The van der Waals surface area contributed by atoms with Gasteiger partial charge in [0.1, 0.15) is 5.75 Å². The van der Waals surface area contributed by atoms with Crippen molar-refractivity contribution in [2.24, 2.45) is 5.73 Å². The van der Waals surface area contributed by atoms with E-state index in [9.17, 15) is 10.1 Å². The van der Waals surface area contributed by atoms with Crippen LogP contribution < -0.4 is 10.5 Å². The van der Waals surface area contributed by atoms with E-state index in [0.29, 0.717) is 11.3 Å². The molecule has 1 heterocycles. The minimum Gasteiger partial charge on any atom is -0.448 e. The second kappa shape index (κ2) is 5.88. The smallest absolute Gasteiger partial charge is 0.312 e. The van der Waals surface area contributed by atoms with E-state index in [1.807, 2.05) is 19.9 Å². The lowest BCUT2D eigenvalue weighted by Crippen LogP contribution is -2.06. The Morgan fingerprint density at radius 2 is 2.05 bits per heavy atom. The first-order chi connectivity index (χ1) is 9.88. The topological polar surface area (TPSA) is 91.3 Å². The van der Waals surface area contributed by atoms with Gasteiger partial charge >= 0.3 is 5.69 Å². The molecule has 2 rings (SSSR count). The van der Waals surface area contributed by atoms with Gasteiger partial charge in [0.05, 0.1) is 16.8 Å². The summed E-state index contributed by atoms with van der Waals surface area (Å²) in [6.07, 6.45) is 1.52. The zero-order valence-corrected chi connectivity index (χ0v) is 12.2. The lowest BCUT2D eigenvalue weighted by atomic mass is 10.1. The lowest BCUT2D eigenvalue weighted by molar-refractivity contribution is -0.385. The highest BCUT2D eigenvalue weighted by Crippen LogP contribution is 2.35. The predicted molar refractivity (Wildman–Crippen MR) is 79.5 cm³/mol. The molecule has 0 saturated heterocycles. The third kappa shape index (κ3) is 3.35. The molecule has 6 heteroatoms. The van der Waals surface area contributed by atoms with Crippen LogP contribution in [0, 0.1) is 24.0 Å². The molecule has 2 N–H and O–H groups in total. The minimum atomic E-state index is -0.445. The van der Waals surface area contributed by atoms with E-state index in [1.54, 1.807) is 19.1 Å². The Morgan fingerprint density at radius 1 is 1.33 bits per heavy atom. The highest BCUT2D eigenvalue weighted by molar-refractivity contribution is 5.55. The quantitative estimate of drug-likeness (QED) is 0.687. The van der Waals surface area contributed by atoms with Gasteiger partial charge in [-0.1, -0.05) is 6.07 Å². The molecule has 21 heavy (non-hydrogen) atoms. The Morgan fingerprint density at radius 3 is 2.57 bits per heavy atom. The van der Waals surface area contributed by atoms with E-state index in [4.69, 9.17) is 10.5 Å². The fourth-order valence-electron chi connectivity index (χ4n) is 2.04. The molecule has 110 valence electrons. The first-order valence-electron chi connectivity index (χ1n) is 6.53. The Balaban J connectivity index is 2.37. The van der Waals surface area contributed by atoms with Crippen LogP contribution in [-0.4, -0.2) is 9.91 Å². The Kier molecular flexibility index (Phi) is 4.18. The van der Waals surface area contributed by atoms with Crippen LogP contribution >= 0.6 is 0 Å². The fourth-order valence-corrected chi connectivity index (χ4v) is 2.04. The molecule has 0 saturated carbocycles. The summed E-state index contributed by atoms with van der Waals surface area (Å²) in [7, 11) is 0. The number of ether oxygens (including phenoxy) is 1.